The van der Waals surface area contributed by atoms with Gasteiger partial charge in [-0.3, -0.25) is 0 Å². The molecule has 3 atom stereocenters. The summed E-state index contributed by atoms with van der Waals surface area (Å²) in [4.78, 5) is 12.7. The smallest absolute Gasteiger partial charge is 0.337 e. The van der Waals surface area contributed by atoms with Gasteiger partial charge in [0.2, 0.25) is 0 Å². The average molecular weight is 298 g/mol. The summed E-state index contributed by atoms with van der Waals surface area (Å²) in [6, 6.07) is 11.8. The number of hydrogen-bond donors (Lipinski definition) is 1. The zero-order chi connectivity index (χ0) is 14.4. The average Bonchev–Trinajstić information content (AvgIpc) is 3.09. The second kappa shape index (κ2) is 5.06. The van der Waals surface area contributed by atoms with Crippen molar-refractivity contribution < 1.29 is 9.90 Å². The van der Waals surface area contributed by atoms with Crippen LogP contribution in [0.2, 0.25) is 0 Å². The maximum absolute atomic E-state index is 11.8. The Hall–Kier alpha value is -1.48. The monoisotopic (exact) mass is 298 g/mol. The van der Waals surface area contributed by atoms with Crippen molar-refractivity contribution in [1.29, 1.82) is 0 Å². The lowest BCUT2D eigenvalue weighted by Gasteiger charge is -2.22. The summed E-state index contributed by atoms with van der Waals surface area (Å²) in [5, 5.41) is 12.1. The fourth-order valence-electron chi connectivity index (χ4n) is 4.06. The first-order valence-electron chi connectivity index (χ1n) is 7.64. The van der Waals surface area contributed by atoms with E-state index < -0.39 is 5.97 Å². The van der Waals surface area contributed by atoms with Crippen molar-refractivity contribution in [2.45, 2.75) is 35.8 Å². The number of aromatic carboxylic acids is 1. The van der Waals surface area contributed by atoms with Crippen molar-refractivity contribution in [3.8, 4) is 0 Å². The molecule has 0 aliphatic heterocycles. The van der Waals surface area contributed by atoms with E-state index in [2.05, 4.69) is 6.07 Å². The molecule has 2 aromatic carbocycles. The first-order chi connectivity index (χ1) is 10.2. The first-order valence-corrected chi connectivity index (χ1v) is 8.52. The SMILES string of the molecule is O=C(O)c1c(SC2CC3CCC2C3)ccc2ccccc12. The highest BCUT2D eigenvalue weighted by molar-refractivity contribution is 8.00. The third kappa shape index (κ3) is 2.24. The third-order valence-electron chi connectivity index (χ3n) is 5.06. The van der Waals surface area contributed by atoms with E-state index in [1.54, 1.807) is 11.8 Å². The molecule has 0 amide bonds. The lowest BCUT2D eigenvalue weighted by atomic mass is 10.0. The van der Waals surface area contributed by atoms with Crippen LogP contribution >= 0.6 is 11.8 Å². The fraction of sp³-hybridized carbons (Fsp3) is 0.389. The van der Waals surface area contributed by atoms with Gasteiger partial charge in [0.1, 0.15) is 0 Å². The molecule has 4 rings (SSSR count). The summed E-state index contributed by atoms with van der Waals surface area (Å²) in [7, 11) is 0. The molecule has 2 fully saturated rings. The van der Waals surface area contributed by atoms with E-state index in [9.17, 15) is 9.90 Å². The number of thioether (sulfide) groups is 1. The van der Waals surface area contributed by atoms with Gasteiger partial charge in [-0.2, -0.15) is 0 Å². The number of rotatable bonds is 3. The molecule has 2 aliphatic carbocycles. The number of carbonyl (C=O) groups is 1. The highest BCUT2D eigenvalue weighted by Crippen LogP contribution is 2.51. The second-order valence-electron chi connectivity index (χ2n) is 6.30. The normalized spacial score (nSPS) is 27.3. The Morgan fingerprint density at radius 3 is 2.67 bits per heavy atom. The van der Waals surface area contributed by atoms with Crippen LogP contribution in [-0.4, -0.2) is 16.3 Å². The molecule has 3 heteroatoms. The second-order valence-corrected chi connectivity index (χ2v) is 7.58. The minimum absolute atomic E-state index is 0.487. The highest BCUT2D eigenvalue weighted by Gasteiger charge is 2.40. The zero-order valence-corrected chi connectivity index (χ0v) is 12.6. The van der Waals surface area contributed by atoms with Crippen molar-refractivity contribution in [3.63, 3.8) is 0 Å². The molecule has 1 N–H and O–H groups in total. The van der Waals surface area contributed by atoms with Gasteiger partial charge in [0, 0.05) is 10.1 Å². The predicted octanol–water partition coefficient (Wildman–Crippen LogP) is 4.82. The van der Waals surface area contributed by atoms with Crippen LogP contribution in [0, 0.1) is 11.8 Å². The standard InChI is InChI=1S/C18H18O2S/c19-18(20)17-14-4-2-1-3-12(14)7-8-15(17)21-16-10-11-5-6-13(16)9-11/h1-4,7-8,11,13,16H,5-6,9-10H2,(H,19,20). The van der Waals surface area contributed by atoms with Gasteiger partial charge in [0.05, 0.1) is 5.56 Å². The summed E-state index contributed by atoms with van der Waals surface area (Å²) in [6.07, 6.45) is 5.33. The van der Waals surface area contributed by atoms with Crippen molar-refractivity contribution >= 4 is 28.5 Å². The molecule has 0 heterocycles. The Balaban J connectivity index is 1.74. The Kier molecular flexibility index (Phi) is 3.18. The molecule has 0 spiro atoms. The van der Waals surface area contributed by atoms with Crippen LogP contribution in [0.25, 0.3) is 10.8 Å². The van der Waals surface area contributed by atoms with Crippen molar-refractivity contribution in [2.75, 3.05) is 0 Å². The predicted molar refractivity (Wildman–Crippen MR) is 86.0 cm³/mol. The molecule has 2 aliphatic rings. The summed E-state index contributed by atoms with van der Waals surface area (Å²) >= 11 is 1.80. The molecule has 0 aromatic heterocycles. The van der Waals surface area contributed by atoms with E-state index in [4.69, 9.17) is 0 Å². The first kappa shape index (κ1) is 13.2. The molecule has 3 unspecified atom stereocenters. The quantitative estimate of drug-likeness (QED) is 0.882. The minimum Gasteiger partial charge on any atom is -0.478 e. The largest absolute Gasteiger partial charge is 0.478 e. The molecule has 108 valence electrons. The van der Waals surface area contributed by atoms with E-state index in [1.807, 2.05) is 30.3 Å². The Bertz CT molecular complexity index is 709. The van der Waals surface area contributed by atoms with Crippen LogP contribution in [-0.2, 0) is 0 Å². The summed E-state index contributed by atoms with van der Waals surface area (Å²) in [6.45, 7) is 0. The summed E-state index contributed by atoms with van der Waals surface area (Å²) in [5.74, 6) is 0.881. The number of carboxylic acids is 1. The highest BCUT2D eigenvalue weighted by atomic mass is 32.2. The Morgan fingerprint density at radius 2 is 1.95 bits per heavy atom. The molecule has 2 bridgehead atoms. The van der Waals surface area contributed by atoms with Gasteiger partial charge >= 0.3 is 5.97 Å². The van der Waals surface area contributed by atoms with E-state index in [1.165, 1.54) is 25.7 Å². The fourth-order valence-corrected chi connectivity index (χ4v) is 5.66. The molecule has 2 aromatic rings. The molecule has 2 saturated carbocycles. The van der Waals surface area contributed by atoms with Crippen LogP contribution in [0.15, 0.2) is 41.3 Å². The maximum atomic E-state index is 11.8. The van der Waals surface area contributed by atoms with Crippen molar-refractivity contribution in [3.05, 3.63) is 42.0 Å². The molecular weight excluding hydrogens is 280 g/mol. The van der Waals surface area contributed by atoms with Gasteiger partial charge in [0.15, 0.2) is 0 Å². The summed E-state index contributed by atoms with van der Waals surface area (Å²) < 4.78 is 0. The summed E-state index contributed by atoms with van der Waals surface area (Å²) in [5.41, 5.74) is 0.487. The van der Waals surface area contributed by atoms with Gasteiger partial charge in [-0.15, -0.1) is 11.8 Å². The van der Waals surface area contributed by atoms with E-state index in [-0.39, 0.29) is 0 Å². The van der Waals surface area contributed by atoms with Gasteiger partial charge in [-0.1, -0.05) is 36.8 Å². The number of hydrogen-bond acceptors (Lipinski definition) is 2. The van der Waals surface area contributed by atoms with Gasteiger partial charge < -0.3 is 5.11 Å². The molecular formula is C18H18O2S. The van der Waals surface area contributed by atoms with E-state index in [0.717, 1.165) is 27.5 Å². The maximum Gasteiger partial charge on any atom is 0.337 e. The van der Waals surface area contributed by atoms with Crippen LogP contribution in [0.3, 0.4) is 0 Å². The van der Waals surface area contributed by atoms with Crippen LogP contribution in [0.1, 0.15) is 36.0 Å². The molecule has 21 heavy (non-hydrogen) atoms. The van der Waals surface area contributed by atoms with Crippen LogP contribution in [0.4, 0.5) is 0 Å². The number of carboxylic acid groups (broad SMARTS) is 1. The Labute approximate surface area is 128 Å². The van der Waals surface area contributed by atoms with Gasteiger partial charge in [-0.25, -0.2) is 4.79 Å². The van der Waals surface area contributed by atoms with E-state index >= 15 is 0 Å². The van der Waals surface area contributed by atoms with Crippen molar-refractivity contribution in [2.24, 2.45) is 11.8 Å². The lowest BCUT2D eigenvalue weighted by Crippen LogP contribution is -2.13. The Morgan fingerprint density at radius 1 is 1.10 bits per heavy atom. The number of fused-ring (bicyclic) bond motifs is 3. The minimum atomic E-state index is -0.808. The van der Waals surface area contributed by atoms with E-state index in [0.29, 0.717) is 10.8 Å². The topological polar surface area (TPSA) is 37.3 Å². The molecule has 2 nitrogen and oxygen atoms in total. The zero-order valence-electron chi connectivity index (χ0n) is 11.8. The lowest BCUT2D eigenvalue weighted by molar-refractivity contribution is 0.0695. The third-order valence-corrected chi connectivity index (χ3v) is 6.53. The number of benzene rings is 2. The molecule has 0 saturated heterocycles. The van der Waals surface area contributed by atoms with Gasteiger partial charge in [0.25, 0.3) is 0 Å². The van der Waals surface area contributed by atoms with Crippen molar-refractivity contribution in [1.82, 2.24) is 0 Å². The van der Waals surface area contributed by atoms with Gasteiger partial charge in [-0.05, 0) is 47.9 Å². The van der Waals surface area contributed by atoms with Crippen LogP contribution < -0.4 is 0 Å². The van der Waals surface area contributed by atoms with Crippen LogP contribution in [0.5, 0.6) is 0 Å². The molecule has 0 radical (unpaired) electrons.